The SMILES string of the molecule is O=C(O)CCc1ccc2c(c1)oc1ccc(Cl)cc12. The molecule has 3 aromatic rings. The van der Waals surface area contributed by atoms with Crippen molar-refractivity contribution in [2.75, 3.05) is 0 Å². The second kappa shape index (κ2) is 4.59. The Kier molecular flexibility index (Phi) is 2.91. The Morgan fingerprint density at radius 3 is 2.74 bits per heavy atom. The summed E-state index contributed by atoms with van der Waals surface area (Å²) in [6.45, 7) is 0. The summed E-state index contributed by atoms with van der Waals surface area (Å²) in [6.07, 6.45) is 0.626. The van der Waals surface area contributed by atoms with Gasteiger partial charge in [0.05, 0.1) is 0 Å². The van der Waals surface area contributed by atoms with E-state index in [2.05, 4.69) is 0 Å². The quantitative estimate of drug-likeness (QED) is 0.776. The summed E-state index contributed by atoms with van der Waals surface area (Å²) >= 11 is 5.98. The number of carbonyl (C=O) groups is 1. The van der Waals surface area contributed by atoms with Gasteiger partial charge in [-0.25, -0.2) is 0 Å². The molecule has 4 heteroatoms. The van der Waals surface area contributed by atoms with Crippen molar-refractivity contribution >= 4 is 39.5 Å². The van der Waals surface area contributed by atoms with Gasteiger partial charge < -0.3 is 9.52 Å². The molecule has 0 amide bonds. The summed E-state index contributed by atoms with van der Waals surface area (Å²) in [5.74, 6) is -0.795. The van der Waals surface area contributed by atoms with Crippen molar-refractivity contribution < 1.29 is 14.3 Å². The third-order valence-electron chi connectivity index (χ3n) is 3.13. The van der Waals surface area contributed by atoms with Crippen molar-refractivity contribution in [2.45, 2.75) is 12.8 Å². The second-order valence-corrected chi connectivity index (χ2v) is 4.90. The minimum Gasteiger partial charge on any atom is -0.481 e. The number of furan rings is 1. The van der Waals surface area contributed by atoms with Crippen LogP contribution in [-0.4, -0.2) is 11.1 Å². The number of hydrogen-bond acceptors (Lipinski definition) is 2. The number of carboxylic acid groups (broad SMARTS) is 1. The molecular weight excluding hydrogens is 264 g/mol. The molecule has 0 bridgehead atoms. The lowest BCUT2D eigenvalue weighted by atomic mass is 10.1. The van der Waals surface area contributed by atoms with Crippen molar-refractivity contribution in [2.24, 2.45) is 0 Å². The highest BCUT2D eigenvalue weighted by atomic mass is 35.5. The first-order chi connectivity index (χ1) is 9.13. The van der Waals surface area contributed by atoms with Crippen LogP contribution in [0.5, 0.6) is 0 Å². The molecule has 96 valence electrons. The van der Waals surface area contributed by atoms with Gasteiger partial charge in [-0.1, -0.05) is 23.7 Å². The summed E-state index contributed by atoms with van der Waals surface area (Å²) in [6, 6.07) is 11.3. The molecule has 2 aromatic carbocycles. The lowest BCUT2D eigenvalue weighted by Crippen LogP contribution is -1.96. The van der Waals surface area contributed by atoms with Crippen LogP contribution in [0.4, 0.5) is 0 Å². The zero-order valence-corrected chi connectivity index (χ0v) is 10.8. The highest BCUT2D eigenvalue weighted by Gasteiger charge is 2.08. The lowest BCUT2D eigenvalue weighted by Gasteiger charge is -1.98. The van der Waals surface area contributed by atoms with Gasteiger partial charge in [0.1, 0.15) is 11.2 Å². The second-order valence-electron chi connectivity index (χ2n) is 4.47. The Balaban J connectivity index is 2.08. The normalized spacial score (nSPS) is 11.2. The zero-order valence-electron chi connectivity index (χ0n) is 10.0. The van der Waals surface area contributed by atoms with Gasteiger partial charge in [0, 0.05) is 22.2 Å². The molecule has 0 aliphatic heterocycles. The molecule has 0 saturated heterocycles. The standard InChI is InChI=1S/C15H11ClO3/c16-10-3-5-13-12(8-10)11-4-1-9(2-6-15(17)18)7-14(11)19-13/h1,3-5,7-8H,2,6H2,(H,17,18). The van der Waals surface area contributed by atoms with Crippen LogP contribution in [0.25, 0.3) is 21.9 Å². The third-order valence-corrected chi connectivity index (χ3v) is 3.36. The summed E-state index contributed by atoms with van der Waals surface area (Å²) in [7, 11) is 0. The minimum atomic E-state index is -0.795. The summed E-state index contributed by atoms with van der Waals surface area (Å²) in [4.78, 5) is 10.6. The minimum absolute atomic E-state index is 0.123. The van der Waals surface area contributed by atoms with E-state index in [0.29, 0.717) is 11.4 Å². The van der Waals surface area contributed by atoms with E-state index in [0.717, 1.165) is 27.5 Å². The highest BCUT2D eigenvalue weighted by molar-refractivity contribution is 6.31. The molecule has 3 nitrogen and oxygen atoms in total. The zero-order chi connectivity index (χ0) is 13.4. The molecule has 0 atom stereocenters. The summed E-state index contributed by atoms with van der Waals surface area (Å²) in [5.41, 5.74) is 2.51. The summed E-state index contributed by atoms with van der Waals surface area (Å²) in [5, 5.41) is 11.3. The van der Waals surface area contributed by atoms with Crippen molar-refractivity contribution in [3.63, 3.8) is 0 Å². The molecule has 0 spiro atoms. The Bertz CT molecular complexity index is 774. The van der Waals surface area contributed by atoms with Crippen LogP contribution in [0.1, 0.15) is 12.0 Å². The number of halogens is 1. The van der Waals surface area contributed by atoms with Crippen LogP contribution in [0.3, 0.4) is 0 Å². The van der Waals surface area contributed by atoms with E-state index in [1.165, 1.54) is 0 Å². The molecule has 19 heavy (non-hydrogen) atoms. The molecular formula is C15H11ClO3. The maximum absolute atomic E-state index is 10.6. The smallest absolute Gasteiger partial charge is 0.303 e. The molecule has 0 aliphatic carbocycles. The van der Waals surface area contributed by atoms with Crippen molar-refractivity contribution in [1.29, 1.82) is 0 Å². The third kappa shape index (κ3) is 2.29. The molecule has 3 rings (SSSR count). The van der Waals surface area contributed by atoms with Gasteiger partial charge in [0.25, 0.3) is 0 Å². The number of rotatable bonds is 3. The van der Waals surface area contributed by atoms with Gasteiger partial charge in [0.15, 0.2) is 0 Å². The van der Waals surface area contributed by atoms with E-state index in [9.17, 15) is 4.79 Å². The van der Waals surface area contributed by atoms with E-state index in [4.69, 9.17) is 21.1 Å². The van der Waals surface area contributed by atoms with Gasteiger partial charge in [-0.3, -0.25) is 4.79 Å². The number of benzene rings is 2. The predicted octanol–water partition coefficient (Wildman–Crippen LogP) is 4.26. The van der Waals surface area contributed by atoms with Crippen molar-refractivity contribution in [3.8, 4) is 0 Å². The topological polar surface area (TPSA) is 50.4 Å². The van der Waals surface area contributed by atoms with Gasteiger partial charge in [-0.15, -0.1) is 0 Å². The van der Waals surface area contributed by atoms with E-state index in [1.807, 2.05) is 30.3 Å². The lowest BCUT2D eigenvalue weighted by molar-refractivity contribution is -0.136. The van der Waals surface area contributed by atoms with Gasteiger partial charge in [-0.05, 0) is 36.2 Å². The maximum Gasteiger partial charge on any atom is 0.303 e. The van der Waals surface area contributed by atoms with Crippen LogP contribution in [0, 0.1) is 0 Å². The number of aryl methyl sites for hydroxylation is 1. The number of fused-ring (bicyclic) bond motifs is 3. The number of aliphatic carboxylic acids is 1. The molecule has 1 N–H and O–H groups in total. The van der Waals surface area contributed by atoms with Crippen LogP contribution in [-0.2, 0) is 11.2 Å². The molecule has 1 aromatic heterocycles. The summed E-state index contributed by atoms with van der Waals surface area (Å²) < 4.78 is 5.75. The highest BCUT2D eigenvalue weighted by Crippen LogP contribution is 2.31. The van der Waals surface area contributed by atoms with Crippen LogP contribution >= 0.6 is 11.6 Å². The number of hydrogen-bond donors (Lipinski definition) is 1. The molecule has 0 saturated carbocycles. The molecule has 0 radical (unpaired) electrons. The monoisotopic (exact) mass is 274 g/mol. The largest absolute Gasteiger partial charge is 0.481 e. The van der Waals surface area contributed by atoms with E-state index >= 15 is 0 Å². The molecule has 0 fully saturated rings. The van der Waals surface area contributed by atoms with Crippen molar-refractivity contribution in [1.82, 2.24) is 0 Å². The van der Waals surface area contributed by atoms with Crippen LogP contribution in [0.15, 0.2) is 40.8 Å². The fourth-order valence-electron chi connectivity index (χ4n) is 2.20. The van der Waals surface area contributed by atoms with Crippen LogP contribution < -0.4 is 0 Å². The Hall–Kier alpha value is -2.00. The molecule has 0 unspecified atom stereocenters. The van der Waals surface area contributed by atoms with Crippen LogP contribution in [0.2, 0.25) is 5.02 Å². The first kappa shape index (κ1) is 12.1. The fraction of sp³-hybridized carbons (Fsp3) is 0.133. The average Bonchev–Trinajstić information content (AvgIpc) is 2.73. The van der Waals surface area contributed by atoms with E-state index in [1.54, 1.807) is 6.07 Å². The van der Waals surface area contributed by atoms with E-state index < -0.39 is 5.97 Å². The Morgan fingerprint density at radius 1 is 1.11 bits per heavy atom. The van der Waals surface area contributed by atoms with Gasteiger partial charge in [0.2, 0.25) is 0 Å². The first-order valence-corrected chi connectivity index (χ1v) is 6.34. The van der Waals surface area contributed by atoms with Crippen molar-refractivity contribution in [3.05, 3.63) is 47.0 Å². The fourth-order valence-corrected chi connectivity index (χ4v) is 2.37. The maximum atomic E-state index is 10.6. The Morgan fingerprint density at radius 2 is 1.95 bits per heavy atom. The Labute approximate surface area is 114 Å². The van der Waals surface area contributed by atoms with Gasteiger partial charge in [-0.2, -0.15) is 0 Å². The number of carboxylic acids is 1. The first-order valence-electron chi connectivity index (χ1n) is 5.96. The molecule has 1 heterocycles. The van der Waals surface area contributed by atoms with E-state index in [-0.39, 0.29) is 6.42 Å². The molecule has 0 aliphatic rings. The average molecular weight is 275 g/mol. The van der Waals surface area contributed by atoms with Gasteiger partial charge >= 0.3 is 5.97 Å². The predicted molar refractivity (Wildman–Crippen MR) is 74.7 cm³/mol.